The third kappa shape index (κ3) is 4.17. The van der Waals surface area contributed by atoms with Crippen LogP contribution in [0.5, 0.6) is 0 Å². The minimum absolute atomic E-state index is 0.132. The molecule has 4 rings (SSSR count). The summed E-state index contributed by atoms with van der Waals surface area (Å²) in [7, 11) is 1.63. The maximum Gasteiger partial charge on any atom is 0.160 e. The highest BCUT2D eigenvalue weighted by Gasteiger charge is 2.29. The van der Waals surface area contributed by atoms with E-state index < -0.39 is 6.10 Å². The van der Waals surface area contributed by atoms with Crippen LogP contribution in [-0.4, -0.2) is 37.7 Å². The minimum atomic E-state index is -0.391. The highest BCUT2D eigenvalue weighted by molar-refractivity contribution is 5.71. The molecule has 2 heterocycles. The average molecular weight is 383 g/mol. The minimum Gasteiger partial charge on any atom is -0.393 e. The summed E-state index contributed by atoms with van der Waals surface area (Å²) < 4.78 is 11.4. The maximum atomic E-state index is 10.2. The first-order valence-electron chi connectivity index (χ1n) is 10.2. The van der Waals surface area contributed by atoms with Crippen LogP contribution in [0.2, 0.25) is 0 Å². The van der Waals surface area contributed by atoms with Crippen LogP contribution in [0.3, 0.4) is 0 Å². The van der Waals surface area contributed by atoms with E-state index >= 15 is 0 Å². The predicted molar refractivity (Wildman–Crippen MR) is 112 cm³/mol. The molecule has 0 radical (unpaired) electrons. The van der Waals surface area contributed by atoms with Gasteiger partial charge in [0.15, 0.2) is 6.29 Å². The van der Waals surface area contributed by atoms with Gasteiger partial charge >= 0.3 is 0 Å². The molecule has 2 aliphatic heterocycles. The molecule has 2 aromatic rings. The van der Waals surface area contributed by atoms with Crippen molar-refractivity contribution in [2.75, 3.05) is 30.8 Å². The molecule has 1 fully saturated rings. The molecular formula is C23H30N2O3. The number of methoxy groups -OCH3 is 1. The molecule has 0 amide bonds. The lowest BCUT2D eigenvalue weighted by atomic mass is 9.91. The second-order valence-electron chi connectivity index (χ2n) is 7.71. The van der Waals surface area contributed by atoms with Gasteiger partial charge in [0.2, 0.25) is 0 Å². The molecule has 5 heteroatoms. The molecule has 150 valence electrons. The highest BCUT2D eigenvalue weighted by Crippen LogP contribution is 2.34. The molecule has 0 saturated carbocycles. The fourth-order valence-electron chi connectivity index (χ4n) is 4.20. The summed E-state index contributed by atoms with van der Waals surface area (Å²) in [5.41, 5.74) is 7.44. The van der Waals surface area contributed by atoms with E-state index in [0.29, 0.717) is 12.8 Å². The number of fused-ring (bicyclic) bond motifs is 1. The summed E-state index contributed by atoms with van der Waals surface area (Å²) in [4.78, 5) is 0. The Kier molecular flexibility index (Phi) is 5.85. The number of aryl methyl sites for hydroxylation is 1. The Morgan fingerprint density at radius 3 is 2.64 bits per heavy atom. The fraction of sp³-hybridized carbons (Fsp3) is 0.478. The molecule has 0 spiro atoms. The summed E-state index contributed by atoms with van der Waals surface area (Å²) in [5.74, 6) is 0. The molecule has 0 aromatic heterocycles. The molecular weight excluding hydrogens is 352 g/mol. The lowest BCUT2D eigenvalue weighted by Crippen LogP contribution is -2.32. The zero-order chi connectivity index (χ0) is 19.5. The van der Waals surface area contributed by atoms with Crippen molar-refractivity contribution < 1.29 is 14.6 Å². The smallest absolute Gasteiger partial charge is 0.160 e. The standard InChI is InChI=1S/C23H30N2O3/c1-3-16-5-6-17(22-13-19(26)14-23(27-2)28-22)12-18(16)10-15-4-7-20-21(11-15)25-9-8-24-20/h4-7,11-12,19,22-26H,3,8-10,13-14H2,1-2H3. The first kappa shape index (κ1) is 19.2. The summed E-state index contributed by atoms with van der Waals surface area (Å²) >= 11 is 0. The van der Waals surface area contributed by atoms with Crippen molar-refractivity contribution in [2.45, 2.75) is 51.1 Å². The maximum absolute atomic E-state index is 10.2. The van der Waals surface area contributed by atoms with Gasteiger partial charge < -0.3 is 25.2 Å². The van der Waals surface area contributed by atoms with E-state index in [-0.39, 0.29) is 12.4 Å². The summed E-state index contributed by atoms with van der Waals surface area (Å²) in [6.07, 6.45) is 2.15. The number of benzene rings is 2. The molecule has 3 N–H and O–H groups in total. The predicted octanol–water partition coefficient (Wildman–Crippen LogP) is 3.86. The number of aliphatic hydroxyl groups excluding tert-OH is 1. The van der Waals surface area contributed by atoms with Gasteiger partial charge in [-0.15, -0.1) is 0 Å². The first-order valence-corrected chi connectivity index (χ1v) is 10.2. The van der Waals surface area contributed by atoms with Gasteiger partial charge in [0.1, 0.15) is 0 Å². The Morgan fingerprint density at radius 2 is 1.86 bits per heavy atom. The van der Waals surface area contributed by atoms with Crippen LogP contribution in [-0.2, 0) is 22.3 Å². The lowest BCUT2D eigenvalue weighted by Gasteiger charge is -2.32. The van der Waals surface area contributed by atoms with E-state index in [9.17, 15) is 5.11 Å². The number of anilines is 2. The Labute approximate surface area is 167 Å². The van der Waals surface area contributed by atoms with Crippen LogP contribution in [0.25, 0.3) is 0 Å². The Morgan fingerprint density at radius 1 is 1.04 bits per heavy atom. The fourth-order valence-corrected chi connectivity index (χ4v) is 4.20. The van der Waals surface area contributed by atoms with Crippen molar-refractivity contribution in [1.29, 1.82) is 0 Å². The molecule has 0 aliphatic carbocycles. The number of rotatable bonds is 5. The van der Waals surface area contributed by atoms with E-state index in [0.717, 1.165) is 31.5 Å². The first-order chi connectivity index (χ1) is 13.7. The Balaban J connectivity index is 1.59. The quantitative estimate of drug-likeness (QED) is 0.733. The van der Waals surface area contributed by atoms with Crippen LogP contribution in [0.4, 0.5) is 11.4 Å². The van der Waals surface area contributed by atoms with Crippen LogP contribution in [0.15, 0.2) is 36.4 Å². The number of hydrogen-bond acceptors (Lipinski definition) is 5. The normalized spacial score (nSPS) is 24.2. The van der Waals surface area contributed by atoms with Crippen LogP contribution in [0.1, 0.15) is 48.1 Å². The van der Waals surface area contributed by atoms with Crippen molar-refractivity contribution in [1.82, 2.24) is 0 Å². The van der Waals surface area contributed by atoms with Gasteiger partial charge in [0.25, 0.3) is 0 Å². The molecule has 1 saturated heterocycles. The van der Waals surface area contributed by atoms with E-state index in [4.69, 9.17) is 9.47 Å². The monoisotopic (exact) mass is 382 g/mol. The molecule has 5 nitrogen and oxygen atoms in total. The van der Waals surface area contributed by atoms with Crippen molar-refractivity contribution in [3.63, 3.8) is 0 Å². The highest BCUT2D eigenvalue weighted by atomic mass is 16.7. The summed E-state index contributed by atoms with van der Waals surface area (Å²) in [6, 6.07) is 13.2. The SMILES string of the molecule is CCc1ccc(C2CC(O)CC(OC)O2)cc1Cc1ccc2c(c1)NCCN2. The summed E-state index contributed by atoms with van der Waals surface area (Å²) in [5, 5.41) is 17.1. The molecule has 2 aliphatic rings. The number of nitrogens with one attached hydrogen (secondary N) is 2. The summed E-state index contributed by atoms with van der Waals surface area (Å²) in [6.45, 7) is 4.11. The molecule has 28 heavy (non-hydrogen) atoms. The van der Waals surface area contributed by atoms with Crippen LogP contribution in [0, 0.1) is 0 Å². The third-order valence-electron chi connectivity index (χ3n) is 5.75. The average Bonchev–Trinajstić information content (AvgIpc) is 2.73. The van der Waals surface area contributed by atoms with E-state index in [1.54, 1.807) is 7.11 Å². The van der Waals surface area contributed by atoms with Crippen molar-refractivity contribution >= 4 is 11.4 Å². The Bertz CT molecular complexity index is 823. The van der Waals surface area contributed by atoms with Gasteiger partial charge in [-0.3, -0.25) is 0 Å². The van der Waals surface area contributed by atoms with Gasteiger partial charge in [-0.25, -0.2) is 0 Å². The largest absolute Gasteiger partial charge is 0.393 e. The second kappa shape index (κ2) is 8.52. The topological polar surface area (TPSA) is 62.8 Å². The van der Waals surface area contributed by atoms with E-state index in [2.05, 4.69) is 54.0 Å². The zero-order valence-corrected chi connectivity index (χ0v) is 16.7. The van der Waals surface area contributed by atoms with Gasteiger partial charge in [-0.1, -0.05) is 31.2 Å². The van der Waals surface area contributed by atoms with Crippen molar-refractivity contribution in [2.24, 2.45) is 0 Å². The second-order valence-corrected chi connectivity index (χ2v) is 7.71. The molecule has 2 aromatic carbocycles. The van der Waals surface area contributed by atoms with Crippen LogP contribution < -0.4 is 10.6 Å². The van der Waals surface area contributed by atoms with E-state index in [1.807, 2.05) is 0 Å². The van der Waals surface area contributed by atoms with Gasteiger partial charge in [-0.05, 0) is 47.2 Å². The Hall–Kier alpha value is -2.08. The number of hydrogen-bond donors (Lipinski definition) is 3. The van der Waals surface area contributed by atoms with Gasteiger partial charge in [0.05, 0.1) is 23.6 Å². The van der Waals surface area contributed by atoms with Crippen molar-refractivity contribution in [3.8, 4) is 0 Å². The molecule has 0 bridgehead atoms. The molecule has 3 atom stereocenters. The van der Waals surface area contributed by atoms with Crippen molar-refractivity contribution in [3.05, 3.63) is 58.7 Å². The number of ether oxygens (including phenoxy) is 2. The third-order valence-corrected chi connectivity index (χ3v) is 5.75. The van der Waals surface area contributed by atoms with Gasteiger partial charge in [-0.2, -0.15) is 0 Å². The number of aliphatic hydroxyl groups is 1. The molecule has 3 unspecified atom stereocenters. The van der Waals surface area contributed by atoms with E-state index in [1.165, 1.54) is 28.1 Å². The zero-order valence-electron chi connectivity index (χ0n) is 16.7. The van der Waals surface area contributed by atoms with Crippen LogP contribution >= 0.6 is 0 Å². The van der Waals surface area contributed by atoms with Gasteiger partial charge in [0, 0.05) is 33.0 Å². The lowest BCUT2D eigenvalue weighted by molar-refractivity contribution is -0.205.